The highest BCUT2D eigenvalue weighted by Crippen LogP contribution is 2.36. The topological polar surface area (TPSA) is 26.0 Å². The van der Waals surface area contributed by atoms with Crippen LogP contribution in [0.3, 0.4) is 0 Å². The number of pyridine rings is 1. The molecule has 0 aliphatic carbocycles. The van der Waals surface area contributed by atoms with Crippen LogP contribution in [0.4, 0.5) is 0 Å². The van der Waals surface area contributed by atoms with Gasteiger partial charge >= 0.3 is 0 Å². The quantitative estimate of drug-likeness (QED) is 0.468. The summed E-state index contributed by atoms with van der Waals surface area (Å²) in [6, 6.07) is 18.0. The van der Waals surface area contributed by atoms with Gasteiger partial charge in [0.2, 0.25) is 0 Å². The first-order valence-electron chi connectivity index (χ1n) is 7.91. The molecular formula is C20H17NO. The Bertz CT molecular complexity index is 997. The van der Waals surface area contributed by atoms with E-state index in [4.69, 9.17) is 5.79 Å². The van der Waals surface area contributed by atoms with Crippen LogP contribution in [-0.4, -0.2) is 4.98 Å². The van der Waals surface area contributed by atoms with Crippen molar-refractivity contribution in [3.8, 4) is 11.3 Å². The molecule has 0 saturated heterocycles. The summed E-state index contributed by atoms with van der Waals surface area (Å²) in [4.78, 5) is 4.44. The highest BCUT2D eigenvalue weighted by molar-refractivity contribution is 6.09. The number of furan rings is 1. The zero-order chi connectivity index (χ0) is 16.0. The maximum Gasteiger partial charge on any atom is 0.144 e. The molecule has 0 bridgehead atoms. The Labute approximate surface area is 130 Å². The van der Waals surface area contributed by atoms with Gasteiger partial charge in [-0.1, -0.05) is 44.2 Å². The third kappa shape index (κ3) is 2.00. The second kappa shape index (κ2) is 4.99. The van der Waals surface area contributed by atoms with Crippen LogP contribution in [0.5, 0.6) is 0 Å². The Kier molecular flexibility index (Phi) is 2.72. The lowest BCUT2D eigenvalue weighted by molar-refractivity contribution is 0.668. The van der Waals surface area contributed by atoms with Gasteiger partial charge in [-0.15, -0.1) is 0 Å². The lowest BCUT2D eigenvalue weighted by atomic mass is 10.0. The van der Waals surface area contributed by atoms with Crippen LogP contribution in [0.15, 0.2) is 65.2 Å². The van der Waals surface area contributed by atoms with Gasteiger partial charge in [-0.2, -0.15) is 0 Å². The van der Waals surface area contributed by atoms with Crippen LogP contribution in [-0.2, 0) is 0 Å². The second-order valence-corrected chi connectivity index (χ2v) is 5.71. The third-order valence-electron chi connectivity index (χ3n) is 4.02. The van der Waals surface area contributed by atoms with Crippen molar-refractivity contribution in [3.05, 3.63) is 66.4 Å². The average molecular weight is 288 g/mol. The number of nitrogens with zero attached hydrogens (tertiary/aromatic N) is 1. The van der Waals surface area contributed by atoms with E-state index in [0.717, 1.165) is 38.8 Å². The van der Waals surface area contributed by atoms with E-state index in [1.54, 1.807) is 6.20 Å². The molecule has 0 aliphatic rings. The molecule has 22 heavy (non-hydrogen) atoms. The van der Waals surface area contributed by atoms with Crippen molar-refractivity contribution in [2.75, 3.05) is 0 Å². The van der Waals surface area contributed by atoms with E-state index in [-0.39, 0.29) is 0 Å². The van der Waals surface area contributed by atoms with Crippen LogP contribution >= 0.6 is 0 Å². The summed E-state index contributed by atoms with van der Waals surface area (Å²) >= 11 is 0. The predicted octanol–water partition coefficient (Wildman–Crippen LogP) is 5.77. The van der Waals surface area contributed by atoms with Crippen LogP contribution < -0.4 is 0 Å². The normalized spacial score (nSPS) is 12.7. The summed E-state index contributed by atoms with van der Waals surface area (Å²) in [7, 11) is 0. The highest BCUT2D eigenvalue weighted by Gasteiger charge is 2.13. The first-order valence-corrected chi connectivity index (χ1v) is 7.41. The Morgan fingerprint density at radius 2 is 1.91 bits per heavy atom. The molecular weight excluding hydrogens is 270 g/mol. The molecule has 108 valence electrons. The van der Waals surface area contributed by atoms with E-state index in [1.165, 1.54) is 0 Å². The predicted molar refractivity (Wildman–Crippen MR) is 91.0 cm³/mol. The minimum absolute atomic E-state index is 0.642. The summed E-state index contributed by atoms with van der Waals surface area (Å²) < 4.78 is 14.4. The lowest BCUT2D eigenvalue weighted by Crippen LogP contribution is -1.84. The number of hydrogen-bond acceptors (Lipinski definition) is 2. The Hall–Kier alpha value is -2.61. The van der Waals surface area contributed by atoms with Crippen molar-refractivity contribution < 1.29 is 5.79 Å². The van der Waals surface area contributed by atoms with Crippen LogP contribution in [0.2, 0.25) is 0 Å². The van der Waals surface area contributed by atoms with Crippen LogP contribution in [0.1, 0.15) is 26.7 Å². The lowest BCUT2D eigenvalue weighted by Gasteiger charge is -2.03. The fourth-order valence-corrected chi connectivity index (χ4v) is 2.83. The smallest absolute Gasteiger partial charge is 0.144 e. The highest BCUT2D eigenvalue weighted by atomic mass is 16.3. The zero-order valence-electron chi connectivity index (χ0n) is 13.6. The van der Waals surface area contributed by atoms with Gasteiger partial charge in [0.05, 0.1) is 5.69 Å². The number of benzene rings is 2. The Morgan fingerprint density at radius 3 is 2.68 bits per heavy atom. The molecule has 0 atom stereocenters. The SMILES string of the molecule is [2H]C(C)(C)c1ccc2c(c1)oc1c(-c3ccccn3)cccc12. The van der Waals surface area contributed by atoms with Gasteiger partial charge in [0.15, 0.2) is 0 Å². The van der Waals surface area contributed by atoms with E-state index >= 15 is 0 Å². The average Bonchev–Trinajstić information content (AvgIpc) is 2.92. The van der Waals surface area contributed by atoms with Gasteiger partial charge in [-0.3, -0.25) is 4.98 Å². The minimum atomic E-state index is -0.642. The number of fused-ring (bicyclic) bond motifs is 3. The van der Waals surface area contributed by atoms with E-state index in [0.29, 0.717) is 0 Å². The molecule has 2 aromatic heterocycles. The fraction of sp³-hybridized carbons (Fsp3) is 0.150. The van der Waals surface area contributed by atoms with Crippen molar-refractivity contribution in [2.24, 2.45) is 0 Å². The molecule has 0 amide bonds. The van der Waals surface area contributed by atoms with Crippen molar-refractivity contribution in [2.45, 2.75) is 19.7 Å². The molecule has 0 spiro atoms. The molecule has 4 rings (SSSR count). The molecule has 0 fully saturated rings. The van der Waals surface area contributed by atoms with Gasteiger partial charge in [0.1, 0.15) is 11.2 Å². The first kappa shape index (κ1) is 12.0. The Balaban J connectivity index is 2.01. The van der Waals surface area contributed by atoms with E-state index < -0.39 is 5.89 Å². The van der Waals surface area contributed by atoms with Crippen LogP contribution in [0, 0.1) is 0 Å². The molecule has 0 saturated carbocycles. The van der Waals surface area contributed by atoms with E-state index in [9.17, 15) is 0 Å². The summed E-state index contributed by atoms with van der Waals surface area (Å²) in [5.41, 5.74) is 4.51. The second-order valence-electron chi connectivity index (χ2n) is 5.71. The van der Waals surface area contributed by atoms with Gasteiger partial charge in [-0.05, 0) is 35.7 Å². The van der Waals surface area contributed by atoms with Crippen molar-refractivity contribution >= 4 is 21.9 Å². The number of aromatic nitrogens is 1. The molecule has 0 N–H and O–H groups in total. The molecule has 2 aromatic carbocycles. The molecule has 2 heteroatoms. The molecule has 2 nitrogen and oxygen atoms in total. The van der Waals surface area contributed by atoms with Crippen LogP contribution in [0.25, 0.3) is 33.2 Å². The summed E-state index contributed by atoms with van der Waals surface area (Å²) in [5.74, 6) is -0.642. The molecule has 0 aliphatic heterocycles. The Morgan fingerprint density at radius 1 is 1.00 bits per heavy atom. The molecule has 0 radical (unpaired) electrons. The number of para-hydroxylation sites is 1. The van der Waals surface area contributed by atoms with E-state index in [2.05, 4.69) is 17.1 Å². The zero-order valence-corrected chi connectivity index (χ0v) is 12.6. The fourth-order valence-electron chi connectivity index (χ4n) is 2.83. The van der Waals surface area contributed by atoms with Crippen molar-refractivity contribution in [1.82, 2.24) is 4.98 Å². The monoisotopic (exact) mass is 288 g/mol. The van der Waals surface area contributed by atoms with Gasteiger partial charge in [-0.25, -0.2) is 0 Å². The largest absolute Gasteiger partial charge is 0.455 e. The standard InChI is InChI=1S/C20H17NO/c1-13(2)14-9-10-15-16-6-5-7-17(18-8-3-4-11-21-18)20(16)22-19(15)12-14/h3-13H,1-2H3/i13D. The third-order valence-corrected chi connectivity index (χ3v) is 4.02. The first-order chi connectivity index (χ1) is 11.0. The summed E-state index contributed by atoms with van der Waals surface area (Å²) in [6.45, 7) is 3.77. The number of rotatable bonds is 2. The van der Waals surface area contributed by atoms with Gasteiger partial charge in [0, 0.05) is 23.9 Å². The minimum Gasteiger partial charge on any atom is -0.455 e. The van der Waals surface area contributed by atoms with Crippen molar-refractivity contribution in [1.29, 1.82) is 0 Å². The van der Waals surface area contributed by atoms with Gasteiger partial charge in [0.25, 0.3) is 0 Å². The molecule has 2 heterocycles. The van der Waals surface area contributed by atoms with Gasteiger partial charge < -0.3 is 4.42 Å². The molecule has 4 aromatic rings. The maximum absolute atomic E-state index is 8.21. The maximum atomic E-state index is 8.21. The number of hydrogen-bond donors (Lipinski definition) is 0. The summed E-state index contributed by atoms with van der Waals surface area (Å²) in [6.07, 6.45) is 1.79. The van der Waals surface area contributed by atoms with Crippen molar-refractivity contribution in [3.63, 3.8) is 0 Å². The molecule has 0 unspecified atom stereocenters. The van der Waals surface area contributed by atoms with E-state index in [1.807, 2.05) is 56.3 Å². The summed E-state index contributed by atoms with van der Waals surface area (Å²) in [5, 5.41) is 2.16.